The summed E-state index contributed by atoms with van der Waals surface area (Å²) < 4.78 is 0. The van der Waals surface area contributed by atoms with E-state index in [4.69, 9.17) is 0 Å². The van der Waals surface area contributed by atoms with Crippen LogP contribution in [0.4, 0.5) is 0 Å². The van der Waals surface area contributed by atoms with Crippen molar-refractivity contribution in [3.63, 3.8) is 0 Å². The highest BCUT2D eigenvalue weighted by atomic mass is 32.2. The Labute approximate surface area is 113 Å². The summed E-state index contributed by atoms with van der Waals surface area (Å²) in [5.41, 5.74) is 1.06. The molecule has 1 aliphatic heterocycles. The molecule has 1 saturated heterocycles. The second-order valence-corrected chi connectivity index (χ2v) is 5.56. The average Bonchev–Trinajstić information content (AvgIpc) is 2.46. The highest BCUT2D eigenvalue weighted by Gasteiger charge is 2.25. The smallest absolute Gasteiger partial charge is 0.244 e. The number of likely N-dealkylation sites (N-methyl/N-ethyl adjacent to an activating group) is 1. The van der Waals surface area contributed by atoms with Crippen molar-refractivity contribution in [2.45, 2.75) is 13.0 Å². The van der Waals surface area contributed by atoms with Gasteiger partial charge in [0.15, 0.2) is 0 Å². The van der Waals surface area contributed by atoms with E-state index in [0.29, 0.717) is 0 Å². The third-order valence-corrected chi connectivity index (χ3v) is 4.05. The zero-order valence-corrected chi connectivity index (χ0v) is 11.6. The molecule has 4 heteroatoms. The third kappa shape index (κ3) is 3.27. The molecule has 1 N–H and O–H groups in total. The molecule has 1 unspecified atom stereocenters. The second-order valence-electron chi connectivity index (χ2n) is 4.34. The summed E-state index contributed by atoms with van der Waals surface area (Å²) in [5.74, 6) is 2.32. The monoisotopic (exact) mass is 264 g/mol. The van der Waals surface area contributed by atoms with Gasteiger partial charge in [0.25, 0.3) is 0 Å². The summed E-state index contributed by atoms with van der Waals surface area (Å²) in [5, 5.41) is 3.30. The lowest BCUT2D eigenvalue weighted by Crippen LogP contribution is -2.44. The first-order valence-corrected chi connectivity index (χ1v) is 7.63. The zero-order valence-electron chi connectivity index (χ0n) is 10.8. The molecule has 0 bridgehead atoms. The molecule has 2 rings (SSSR count). The first kappa shape index (κ1) is 13.4. The van der Waals surface area contributed by atoms with Gasteiger partial charge in [-0.15, -0.1) is 0 Å². The van der Waals surface area contributed by atoms with E-state index in [-0.39, 0.29) is 11.9 Å². The van der Waals surface area contributed by atoms with Gasteiger partial charge in [0, 0.05) is 24.6 Å². The van der Waals surface area contributed by atoms with Gasteiger partial charge < -0.3 is 10.2 Å². The van der Waals surface area contributed by atoms with Crippen molar-refractivity contribution in [3.8, 4) is 0 Å². The number of carbonyl (C=O) groups is 1. The third-order valence-electron chi connectivity index (χ3n) is 3.11. The minimum absolute atomic E-state index is 0.195. The van der Waals surface area contributed by atoms with Crippen LogP contribution < -0.4 is 5.32 Å². The number of thioether (sulfide) groups is 1. The molecule has 1 aromatic carbocycles. The second kappa shape index (κ2) is 6.81. The van der Waals surface area contributed by atoms with Crippen LogP contribution >= 0.6 is 11.8 Å². The van der Waals surface area contributed by atoms with Crippen molar-refractivity contribution in [1.82, 2.24) is 10.2 Å². The highest BCUT2D eigenvalue weighted by Crippen LogP contribution is 2.18. The Kier molecular flexibility index (Phi) is 5.08. The highest BCUT2D eigenvalue weighted by molar-refractivity contribution is 7.99. The maximum atomic E-state index is 12.5. The van der Waals surface area contributed by atoms with E-state index in [0.717, 1.165) is 36.7 Å². The van der Waals surface area contributed by atoms with Crippen molar-refractivity contribution in [1.29, 1.82) is 0 Å². The first-order chi connectivity index (χ1) is 8.83. The van der Waals surface area contributed by atoms with Gasteiger partial charge in [-0.3, -0.25) is 4.79 Å². The zero-order chi connectivity index (χ0) is 12.8. The maximum Gasteiger partial charge on any atom is 0.244 e. The Morgan fingerprint density at radius 3 is 2.61 bits per heavy atom. The molecular weight excluding hydrogens is 244 g/mol. The standard InChI is InChI=1S/C14H20N2OS/c1-2-15-13(12-6-4-3-5-7-12)14(17)16-8-10-18-11-9-16/h3-7,13,15H,2,8-11H2,1H3. The summed E-state index contributed by atoms with van der Waals surface area (Å²) in [6.07, 6.45) is 0. The number of carbonyl (C=O) groups excluding carboxylic acids is 1. The fourth-order valence-electron chi connectivity index (χ4n) is 2.16. The molecule has 0 aliphatic carbocycles. The predicted octanol–water partition coefficient (Wildman–Crippen LogP) is 1.91. The molecule has 0 aromatic heterocycles. The van der Waals surface area contributed by atoms with E-state index < -0.39 is 0 Å². The Morgan fingerprint density at radius 1 is 1.33 bits per heavy atom. The van der Waals surface area contributed by atoms with Crippen LogP contribution in [0.2, 0.25) is 0 Å². The quantitative estimate of drug-likeness (QED) is 0.901. The number of hydrogen-bond acceptors (Lipinski definition) is 3. The number of benzene rings is 1. The lowest BCUT2D eigenvalue weighted by Gasteiger charge is -2.30. The van der Waals surface area contributed by atoms with Gasteiger partial charge in [0.05, 0.1) is 0 Å². The van der Waals surface area contributed by atoms with Crippen LogP contribution in [0.3, 0.4) is 0 Å². The van der Waals surface area contributed by atoms with Crippen molar-refractivity contribution in [3.05, 3.63) is 35.9 Å². The largest absolute Gasteiger partial charge is 0.339 e. The minimum atomic E-state index is -0.195. The molecule has 98 valence electrons. The van der Waals surface area contributed by atoms with Crippen molar-refractivity contribution in [2.24, 2.45) is 0 Å². The number of nitrogens with one attached hydrogen (secondary N) is 1. The molecule has 1 atom stereocenters. The Morgan fingerprint density at radius 2 is 2.00 bits per heavy atom. The molecule has 0 radical (unpaired) electrons. The molecule has 0 saturated carbocycles. The SMILES string of the molecule is CCNC(C(=O)N1CCSCC1)c1ccccc1. The van der Waals surface area contributed by atoms with Crippen molar-refractivity contribution in [2.75, 3.05) is 31.1 Å². The van der Waals surface area contributed by atoms with E-state index in [1.807, 2.05) is 53.9 Å². The topological polar surface area (TPSA) is 32.3 Å². The molecule has 0 spiro atoms. The summed E-state index contributed by atoms with van der Waals surface area (Å²) in [7, 11) is 0. The molecule has 3 nitrogen and oxygen atoms in total. The van der Waals surface area contributed by atoms with Crippen LogP contribution in [0.5, 0.6) is 0 Å². The number of hydrogen-bond donors (Lipinski definition) is 1. The van der Waals surface area contributed by atoms with Gasteiger partial charge in [0.2, 0.25) is 5.91 Å². The first-order valence-electron chi connectivity index (χ1n) is 6.47. The molecule has 1 amide bonds. The fourth-order valence-corrected chi connectivity index (χ4v) is 3.07. The minimum Gasteiger partial charge on any atom is -0.339 e. The van der Waals surface area contributed by atoms with Crippen LogP contribution in [0.25, 0.3) is 0 Å². The molecule has 1 heterocycles. The molecule has 1 aromatic rings. The van der Waals surface area contributed by atoms with Gasteiger partial charge in [-0.2, -0.15) is 11.8 Å². The Bertz CT molecular complexity index is 377. The fraction of sp³-hybridized carbons (Fsp3) is 0.500. The van der Waals surface area contributed by atoms with E-state index in [1.165, 1.54) is 0 Å². The molecular formula is C14H20N2OS. The van der Waals surface area contributed by atoms with Crippen LogP contribution in [0.15, 0.2) is 30.3 Å². The van der Waals surface area contributed by atoms with Gasteiger partial charge in [-0.25, -0.2) is 0 Å². The Balaban J connectivity index is 2.11. The molecule has 18 heavy (non-hydrogen) atoms. The van der Waals surface area contributed by atoms with Crippen molar-refractivity contribution >= 4 is 17.7 Å². The summed E-state index contributed by atoms with van der Waals surface area (Å²) in [4.78, 5) is 14.5. The lowest BCUT2D eigenvalue weighted by molar-refractivity contribution is -0.133. The average molecular weight is 264 g/mol. The lowest BCUT2D eigenvalue weighted by atomic mass is 10.1. The van der Waals surface area contributed by atoms with Crippen LogP contribution in [0, 0.1) is 0 Å². The van der Waals surface area contributed by atoms with Crippen LogP contribution in [-0.4, -0.2) is 41.9 Å². The van der Waals surface area contributed by atoms with Crippen LogP contribution in [0.1, 0.15) is 18.5 Å². The van der Waals surface area contributed by atoms with E-state index >= 15 is 0 Å². The molecule has 1 fully saturated rings. The van der Waals surface area contributed by atoms with E-state index in [9.17, 15) is 4.79 Å². The van der Waals surface area contributed by atoms with Gasteiger partial charge in [0.1, 0.15) is 6.04 Å². The number of amides is 1. The molecule has 1 aliphatic rings. The predicted molar refractivity (Wildman–Crippen MR) is 76.8 cm³/mol. The summed E-state index contributed by atoms with van der Waals surface area (Å²) in [6, 6.07) is 9.79. The van der Waals surface area contributed by atoms with E-state index in [1.54, 1.807) is 0 Å². The number of nitrogens with zero attached hydrogens (tertiary/aromatic N) is 1. The number of rotatable bonds is 4. The maximum absolute atomic E-state index is 12.5. The van der Waals surface area contributed by atoms with E-state index in [2.05, 4.69) is 5.32 Å². The van der Waals surface area contributed by atoms with Gasteiger partial charge >= 0.3 is 0 Å². The van der Waals surface area contributed by atoms with Gasteiger partial charge in [-0.1, -0.05) is 37.3 Å². The van der Waals surface area contributed by atoms with Crippen LogP contribution in [-0.2, 0) is 4.79 Å². The summed E-state index contributed by atoms with van der Waals surface area (Å²) >= 11 is 1.92. The summed E-state index contributed by atoms with van der Waals surface area (Å²) in [6.45, 7) is 4.58. The normalized spacial score (nSPS) is 17.5. The van der Waals surface area contributed by atoms with Crippen molar-refractivity contribution < 1.29 is 4.79 Å². The Hall–Kier alpha value is -1.00. The van der Waals surface area contributed by atoms with Gasteiger partial charge in [-0.05, 0) is 12.1 Å².